The lowest BCUT2D eigenvalue weighted by molar-refractivity contribution is -0.150. The summed E-state index contributed by atoms with van der Waals surface area (Å²) in [7, 11) is 0. The first-order valence-corrected chi connectivity index (χ1v) is 15.4. The number of aldehydes is 1. The average molecular weight is 481 g/mol. The minimum absolute atomic E-state index is 0.111. The van der Waals surface area contributed by atoms with E-state index in [2.05, 4.69) is 13.8 Å². The first-order valence-electron chi connectivity index (χ1n) is 15.4. The average Bonchev–Trinajstić information content (AvgIpc) is 2.83. The molecule has 0 saturated carbocycles. The zero-order chi connectivity index (χ0) is 25.0. The normalized spacial score (nSPS) is 12.1. The molecule has 0 aliphatic heterocycles. The summed E-state index contributed by atoms with van der Waals surface area (Å²) in [6.45, 7) is 4.51. The van der Waals surface area contributed by atoms with Crippen LogP contribution in [-0.2, 0) is 14.3 Å². The second-order valence-corrected chi connectivity index (χ2v) is 10.5. The highest BCUT2D eigenvalue weighted by molar-refractivity contribution is 5.69. The molecule has 0 aromatic heterocycles. The molecule has 3 nitrogen and oxygen atoms in total. The van der Waals surface area contributed by atoms with Crippen LogP contribution in [-0.4, -0.2) is 18.4 Å². The molecular weight excluding hydrogens is 420 g/mol. The number of rotatable bonds is 28. The van der Waals surface area contributed by atoms with Crippen LogP contribution in [0, 0.1) is 0 Å². The third-order valence-electron chi connectivity index (χ3n) is 7.02. The van der Waals surface area contributed by atoms with E-state index in [1.165, 1.54) is 128 Å². The van der Waals surface area contributed by atoms with Crippen molar-refractivity contribution in [1.82, 2.24) is 0 Å². The fourth-order valence-corrected chi connectivity index (χ4v) is 4.72. The molecule has 0 spiro atoms. The lowest BCUT2D eigenvalue weighted by atomic mass is 10.0. The van der Waals surface area contributed by atoms with E-state index in [-0.39, 0.29) is 12.1 Å². The largest absolute Gasteiger partial charge is 0.462 e. The second kappa shape index (κ2) is 28.4. The molecule has 3 heteroatoms. The number of ether oxygens (including phenoxy) is 1. The van der Waals surface area contributed by atoms with Crippen LogP contribution in [0.2, 0.25) is 0 Å². The molecule has 0 aliphatic rings. The summed E-state index contributed by atoms with van der Waals surface area (Å²) in [5, 5.41) is 0. The van der Waals surface area contributed by atoms with Crippen LogP contribution < -0.4 is 0 Å². The van der Waals surface area contributed by atoms with Crippen molar-refractivity contribution in [3.63, 3.8) is 0 Å². The van der Waals surface area contributed by atoms with Crippen LogP contribution in [0.5, 0.6) is 0 Å². The van der Waals surface area contributed by atoms with Gasteiger partial charge in [0.1, 0.15) is 12.4 Å². The number of hydrogen-bond donors (Lipinski definition) is 0. The van der Waals surface area contributed by atoms with Crippen molar-refractivity contribution in [2.45, 2.75) is 187 Å². The molecule has 0 aromatic rings. The summed E-state index contributed by atoms with van der Waals surface area (Å²) in [5.41, 5.74) is 0. The van der Waals surface area contributed by atoms with E-state index < -0.39 is 0 Å². The molecule has 0 aliphatic carbocycles. The fourth-order valence-electron chi connectivity index (χ4n) is 4.72. The summed E-state index contributed by atoms with van der Waals surface area (Å²) in [6, 6.07) is 0. The molecule has 0 fully saturated rings. The number of carbonyl (C=O) groups excluding carboxylic acids is 2. The van der Waals surface area contributed by atoms with E-state index in [9.17, 15) is 9.59 Å². The Balaban J connectivity index is 3.47. The molecular formula is C31H60O3. The van der Waals surface area contributed by atoms with Crippen molar-refractivity contribution in [3.8, 4) is 0 Å². The van der Waals surface area contributed by atoms with Gasteiger partial charge in [0.25, 0.3) is 0 Å². The van der Waals surface area contributed by atoms with Gasteiger partial charge in [-0.25, -0.2) is 0 Å². The molecule has 0 amide bonds. The maximum Gasteiger partial charge on any atom is 0.306 e. The number of unbranched alkanes of at least 4 members (excludes halogenated alkanes) is 21. The van der Waals surface area contributed by atoms with Crippen LogP contribution in [0.15, 0.2) is 0 Å². The Morgan fingerprint density at radius 3 is 1.29 bits per heavy atom. The van der Waals surface area contributed by atoms with Gasteiger partial charge in [-0.3, -0.25) is 4.79 Å². The summed E-state index contributed by atoms with van der Waals surface area (Å²) >= 11 is 0. The highest BCUT2D eigenvalue weighted by atomic mass is 16.5. The fraction of sp³-hybridized carbons (Fsp3) is 0.935. The van der Waals surface area contributed by atoms with Gasteiger partial charge < -0.3 is 9.53 Å². The van der Waals surface area contributed by atoms with Gasteiger partial charge in [-0.2, -0.15) is 0 Å². The lowest BCUT2D eigenvalue weighted by Crippen LogP contribution is -2.18. The van der Waals surface area contributed by atoms with Crippen molar-refractivity contribution in [1.29, 1.82) is 0 Å². The van der Waals surface area contributed by atoms with Gasteiger partial charge in [-0.1, -0.05) is 149 Å². The van der Waals surface area contributed by atoms with E-state index >= 15 is 0 Å². The van der Waals surface area contributed by atoms with Crippen LogP contribution in [0.4, 0.5) is 0 Å². The number of carbonyl (C=O) groups is 2. The van der Waals surface area contributed by atoms with Crippen molar-refractivity contribution < 1.29 is 14.3 Å². The Kier molecular flexibility index (Phi) is 27.7. The molecule has 0 radical (unpaired) electrons. The Morgan fingerprint density at radius 2 is 0.912 bits per heavy atom. The topological polar surface area (TPSA) is 43.4 Å². The van der Waals surface area contributed by atoms with Gasteiger partial charge in [0.05, 0.1) is 0 Å². The SMILES string of the molecule is CCCCCCCCCCCCCCCCCCC(=O)OC(CC=O)CCCCCCCCC. The highest BCUT2D eigenvalue weighted by Crippen LogP contribution is 2.16. The molecule has 0 saturated heterocycles. The summed E-state index contributed by atoms with van der Waals surface area (Å²) in [4.78, 5) is 23.1. The minimum Gasteiger partial charge on any atom is -0.462 e. The zero-order valence-electron chi connectivity index (χ0n) is 23.3. The third-order valence-corrected chi connectivity index (χ3v) is 7.02. The summed E-state index contributed by atoms with van der Waals surface area (Å²) in [5.74, 6) is -0.111. The highest BCUT2D eigenvalue weighted by Gasteiger charge is 2.13. The molecule has 1 atom stereocenters. The molecule has 0 heterocycles. The Morgan fingerprint density at radius 1 is 0.559 bits per heavy atom. The smallest absolute Gasteiger partial charge is 0.306 e. The number of esters is 1. The molecule has 0 bridgehead atoms. The number of hydrogen-bond acceptors (Lipinski definition) is 3. The molecule has 34 heavy (non-hydrogen) atoms. The van der Waals surface area contributed by atoms with Crippen molar-refractivity contribution in [2.75, 3.05) is 0 Å². The molecule has 0 aromatic carbocycles. The first-order chi connectivity index (χ1) is 16.7. The predicted molar refractivity (Wildman–Crippen MR) is 147 cm³/mol. The van der Waals surface area contributed by atoms with Gasteiger partial charge in [0, 0.05) is 12.8 Å². The van der Waals surface area contributed by atoms with Crippen molar-refractivity contribution >= 4 is 12.3 Å². The van der Waals surface area contributed by atoms with Gasteiger partial charge in [0.2, 0.25) is 0 Å². The van der Waals surface area contributed by atoms with E-state index in [0.29, 0.717) is 12.8 Å². The van der Waals surface area contributed by atoms with Crippen molar-refractivity contribution in [2.24, 2.45) is 0 Å². The van der Waals surface area contributed by atoms with Gasteiger partial charge in [-0.05, 0) is 19.3 Å². The van der Waals surface area contributed by atoms with E-state index in [4.69, 9.17) is 4.74 Å². The maximum absolute atomic E-state index is 12.1. The summed E-state index contributed by atoms with van der Waals surface area (Å²) in [6.07, 6.45) is 32.4. The van der Waals surface area contributed by atoms with E-state index in [1.54, 1.807) is 0 Å². The molecule has 0 rings (SSSR count). The Hall–Kier alpha value is -0.860. The Bertz CT molecular complexity index is 421. The summed E-state index contributed by atoms with van der Waals surface area (Å²) < 4.78 is 5.59. The third kappa shape index (κ3) is 25.8. The lowest BCUT2D eigenvalue weighted by Gasteiger charge is -2.15. The van der Waals surface area contributed by atoms with E-state index in [1.807, 2.05) is 0 Å². The predicted octanol–water partition coefficient (Wildman–Crippen LogP) is 10.3. The molecule has 1 unspecified atom stereocenters. The first kappa shape index (κ1) is 33.1. The van der Waals surface area contributed by atoms with Crippen LogP contribution in [0.3, 0.4) is 0 Å². The van der Waals surface area contributed by atoms with Crippen LogP contribution in [0.1, 0.15) is 181 Å². The van der Waals surface area contributed by atoms with Crippen LogP contribution >= 0.6 is 0 Å². The standard InChI is InChI=1S/C31H60O3/c1-3-5-7-9-11-12-13-14-15-16-17-18-19-21-23-25-27-31(33)34-30(28-29-32)26-24-22-20-10-8-6-4-2/h29-30H,3-28H2,1-2H3. The molecule has 202 valence electrons. The maximum atomic E-state index is 12.1. The van der Waals surface area contributed by atoms with Gasteiger partial charge in [-0.15, -0.1) is 0 Å². The van der Waals surface area contributed by atoms with E-state index in [0.717, 1.165) is 32.0 Å². The zero-order valence-corrected chi connectivity index (χ0v) is 23.3. The second-order valence-electron chi connectivity index (χ2n) is 10.5. The Labute approximate surface area is 213 Å². The molecule has 0 N–H and O–H groups in total. The van der Waals surface area contributed by atoms with Crippen LogP contribution in [0.25, 0.3) is 0 Å². The van der Waals surface area contributed by atoms with Gasteiger partial charge in [0.15, 0.2) is 0 Å². The van der Waals surface area contributed by atoms with Gasteiger partial charge >= 0.3 is 5.97 Å². The van der Waals surface area contributed by atoms with Crippen molar-refractivity contribution in [3.05, 3.63) is 0 Å². The quantitative estimate of drug-likeness (QED) is 0.0635. The minimum atomic E-state index is -0.207. The monoisotopic (exact) mass is 480 g/mol.